The number of aryl methyl sites for hydroxylation is 2. The number of hydrogen-bond donors (Lipinski definition) is 0. The Morgan fingerprint density at radius 1 is 1.33 bits per heavy atom. The van der Waals surface area contributed by atoms with Gasteiger partial charge in [0, 0.05) is 24.1 Å². The van der Waals surface area contributed by atoms with E-state index in [1.165, 1.54) is 11.8 Å². The Balaban J connectivity index is 1.93. The van der Waals surface area contributed by atoms with Crippen molar-refractivity contribution in [3.05, 3.63) is 53.1 Å². The predicted molar refractivity (Wildman–Crippen MR) is 92.0 cm³/mol. The van der Waals surface area contributed by atoms with Crippen LogP contribution in [0.1, 0.15) is 53.7 Å². The number of nitrogens with zero attached hydrogens (tertiary/aromatic N) is 2. The van der Waals surface area contributed by atoms with Gasteiger partial charge in [0.2, 0.25) is 0 Å². The van der Waals surface area contributed by atoms with Crippen molar-refractivity contribution in [3.8, 4) is 0 Å². The van der Waals surface area contributed by atoms with Crippen LogP contribution in [0.5, 0.6) is 0 Å². The lowest BCUT2D eigenvalue weighted by Gasteiger charge is -2.22. The van der Waals surface area contributed by atoms with Gasteiger partial charge in [-0.3, -0.25) is 4.79 Å². The molecule has 0 aliphatic heterocycles. The molecule has 2 heterocycles. The van der Waals surface area contributed by atoms with Crippen molar-refractivity contribution < 1.29 is 13.7 Å². The van der Waals surface area contributed by atoms with Gasteiger partial charge in [-0.15, -0.1) is 0 Å². The van der Waals surface area contributed by atoms with E-state index >= 15 is 0 Å². The van der Waals surface area contributed by atoms with Crippen molar-refractivity contribution in [3.63, 3.8) is 0 Å². The molecular formula is C19H22N2O3. The number of aromatic nitrogens is 1. The zero-order valence-corrected chi connectivity index (χ0v) is 14.5. The van der Waals surface area contributed by atoms with E-state index in [2.05, 4.69) is 24.2 Å². The van der Waals surface area contributed by atoms with Gasteiger partial charge in [0.25, 0.3) is 5.91 Å². The summed E-state index contributed by atoms with van der Waals surface area (Å²) in [6, 6.07) is 7.70. The molecule has 1 unspecified atom stereocenters. The quantitative estimate of drug-likeness (QED) is 0.692. The summed E-state index contributed by atoms with van der Waals surface area (Å²) < 4.78 is 10.7. The van der Waals surface area contributed by atoms with Gasteiger partial charge in [0.1, 0.15) is 17.5 Å². The molecule has 126 valence electrons. The molecule has 3 aromatic rings. The van der Waals surface area contributed by atoms with Crippen LogP contribution in [0.2, 0.25) is 0 Å². The number of amides is 1. The summed E-state index contributed by atoms with van der Waals surface area (Å²) in [5.41, 5.74) is 3.60. The van der Waals surface area contributed by atoms with Gasteiger partial charge < -0.3 is 13.8 Å². The first-order chi connectivity index (χ1) is 11.5. The Kier molecular flexibility index (Phi) is 4.42. The van der Waals surface area contributed by atoms with Gasteiger partial charge in [0.05, 0.1) is 6.04 Å². The Bertz CT molecular complexity index is 849. The molecule has 0 radical (unpaired) electrons. The predicted octanol–water partition coefficient (Wildman–Crippen LogP) is 4.51. The van der Waals surface area contributed by atoms with E-state index in [-0.39, 0.29) is 11.9 Å². The fourth-order valence-corrected chi connectivity index (χ4v) is 2.89. The van der Waals surface area contributed by atoms with E-state index in [0.717, 1.165) is 29.4 Å². The first kappa shape index (κ1) is 16.3. The van der Waals surface area contributed by atoms with Crippen molar-refractivity contribution in [2.75, 3.05) is 7.05 Å². The van der Waals surface area contributed by atoms with E-state index in [4.69, 9.17) is 8.94 Å². The molecule has 0 aliphatic carbocycles. The van der Waals surface area contributed by atoms with Crippen molar-refractivity contribution >= 4 is 16.9 Å². The molecule has 0 bridgehead atoms. The molecule has 0 fully saturated rings. The molecule has 0 spiro atoms. The topological polar surface area (TPSA) is 59.5 Å². The summed E-state index contributed by atoms with van der Waals surface area (Å²) >= 11 is 0. The number of rotatable bonds is 5. The number of carbonyl (C=O) groups is 1. The fourth-order valence-electron chi connectivity index (χ4n) is 2.89. The molecule has 1 aromatic carbocycles. The number of hydrogen-bond acceptors (Lipinski definition) is 4. The summed E-state index contributed by atoms with van der Waals surface area (Å²) in [6.07, 6.45) is 3.62. The second kappa shape index (κ2) is 6.51. The van der Waals surface area contributed by atoms with Crippen LogP contribution in [0.3, 0.4) is 0 Å². The molecule has 1 atom stereocenters. The van der Waals surface area contributed by atoms with E-state index in [0.29, 0.717) is 11.5 Å². The van der Waals surface area contributed by atoms with Gasteiger partial charge in [-0.25, -0.2) is 0 Å². The monoisotopic (exact) mass is 326 g/mol. The minimum Gasteiger partial charge on any atom is -0.451 e. The zero-order valence-electron chi connectivity index (χ0n) is 14.5. The smallest absolute Gasteiger partial charge is 0.290 e. The number of fused-ring (bicyclic) bond motifs is 1. The van der Waals surface area contributed by atoms with Crippen LogP contribution in [-0.2, 0) is 6.42 Å². The molecule has 1 amide bonds. The molecule has 5 heteroatoms. The SMILES string of the molecule is CCCc1ccc2oc(C(=O)N(C)C(C)c3ccon3)c(C)c2c1. The van der Waals surface area contributed by atoms with Crippen LogP contribution in [-0.4, -0.2) is 23.0 Å². The minimum atomic E-state index is -0.195. The highest BCUT2D eigenvalue weighted by atomic mass is 16.5. The van der Waals surface area contributed by atoms with Crippen molar-refractivity contribution in [1.29, 1.82) is 0 Å². The molecular weight excluding hydrogens is 304 g/mol. The molecule has 0 saturated heterocycles. The summed E-state index contributed by atoms with van der Waals surface area (Å²) in [5.74, 6) is 0.229. The summed E-state index contributed by atoms with van der Waals surface area (Å²) in [5, 5.41) is 4.92. The summed E-state index contributed by atoms with van der Waals surface area (Å²) in [7, 11) is 1.75. The maximum atomic E-state index is 12.9. The van der Waals surface area contributed by atoms with Gasteiger partial charge in [0.15, 0.2) is 5.76 Å². The Labute approximate surface area is 141 Å². The van der Waals surface area contributed by atoms with Crippen molar-refractivity contribution in [2.24, 2.45) is 0 Å². The van der Waals surface area contributed by atoms with Crippen molar-refractivity contribution in [2.45, 2.75) is 39.7 Å². The maximum Gasteiger partial charge on any atom is 0.290 e. The molecule has 0 saturated carbocycles. The molecule has 0 N–H and O–H groups in total. The summed E-state index contributed by atoms with van der Waals surface area (Å²) in [4.78, 5) is 14.5. The largest absolute Gasteiger partial charge is 0.451 e. The molecule has 3 rings (SSSR count). The second-order valence-electron chi connectivity index (χ2n) is 6.15. The average Bonchev–Trinajstić information content (AvgIpc) is 3.22. The van der Waals surface area contributed by atoms with Crippen LogP contribution >= 0.6 is 0 Å². The van der Waals surface area contributed by atoms with Gasteiger partial charge >= 0.3 is 0 Å². The third kappa shape index (κ3) is 2.82. The molecule has 2 aromatic heterocycles. The van der Waals surface area contributed by atoms with E-state index in [1.54, 1.807) is 18.0 Å². The van der Waals surface area contributed by atoms with Crippen LogP contribution in [0.15, 0.2) is 39.5 Å². The van der Waals surface area contributed by atoms with Gasteiger partial charge in [-0.05, 0) is 38.0 Å². The van der Waals surface area contributed by atoms with E-state index in [1.807, 2.05) is 19.9 Å². The highest BCUT2D eigenvalue weighted by Crippen LogP contribution is 2.29. The second-order valence-corrected chi connectivity index (χ2v) is 6.15. The Morgan fingerprint density at radius 2 is 2.12 bits per heavy atom. The highest BCUT2D eigenvalue weighted by molar-refractivity contribution is 5.99. The lowest BCUT2D eigenvalue weighted by Crippen LogP contribution is -2.30. The number of carbonyl (C=O) groups excluding carboxylic acids is 1. The average molecular weight is 326 g/mol. The maximum absolute atomic E-state index is 12.9. The standard InChI is InChI=1S/C19H22N2O3/c1-5-6-14-7-8-17-15(11-14)12(2)18(24-17)19(22)21(4)13(3)16-9-10-23-20-16/h7-11,13H,5-6H2,1-4H3. The fraction of sp³-hybridized carbons (Fsp3) is 0.368. The van der Waals surface area contributed by atoms with Gasteiger partial charge in [-0.1, -0.05) is 24.6 Å². The third-order valence-electron chi connectivity index (χ3n) is 4.52. The number of benzene rings is 1. The minimum absolute atomic E-state index is 0.156. The highest BCUT2D eigenvalue weighted by Gasteiger charge is 2.26. The van der Waals surface area contributed by atoms with Crippen LogP contribution < -0.4 is 0 Å². The molecule has 5 nitrogen and oxygen atoms in total. The van der Waals surface area contributed by atoms with Crippen LogP contribution in [0, 0.1) is 6.92 Å². The molecule has 24 heavy (non-hydrogen) atoms. The normalized spacial score (nSPS) is 12.5. The Hall–Kier alpha value is -2.56. The van der Waals surface area contributed by atoms with Crippen molar-refractivity contribution in [1.82, 2.24) is 10.1 Å². The van der Waals surface area contributed by atoms with Crippen LogP contribution in [0.25, 0.3) is 11.0 Å². The first-order valence-electron chi connectivity index (χ1n) is 8.22. The van der Waals surface area contributed by atoms with E-state index < -0.39 is 0 Å². The lowest BCUT2D eigenvalue weighted by atomic mass is 10.1. The Morgan fingerprint density at radius 3 is 2.79 bits per heavy atom. The van der Waals surface area contributed by atoms with E-state index in [9.17, 15) is 4.79 Å². The number of furan rings is 1. The summed E-state index contributed by atoms with van der Waals surface area (Å²) in [6.45, 7) is 6.00. The third-order valence-corrected chi connectivity index (χ3v) is 4.52. The van der Waals surface area contributed by atoms with Gasteiger partial charge in [-0.2, -0.15) is 0 Å². The molecule has 0 aliphatic rings. The lowest BCUT2D eigenvalue weighted by molar-refractivity contribution is 0.0707. The first-order valence-corrected chi connectivity index (χ1v) is 8.22. The van der Waals surface area contributed by atoms with Crippen LogP contribution in [0.4, 0.5) is 0 Å². The zero-order chi connectivity index (χ0) is 17.3.